The molecule has 0 aliphatic carbocycles. The van der Waals surface area contributed by atoms with Gasteiger partial charge in [-0.25, -0.2) is 0 Å². The summed E-state index contributed by atoms with van der Waals surface area (Å²) in [6, 6.07) is 3.71. The molecular weight excluding hydrogens is 276 g/mol. The molecule has 0 aliphatic rings. The lowest BCUT2D eigenvalue weighted by atomic mass is 9.97. The van der Waals surface area contributed by atoms with Crippen LogP contribution < -0.4 is 5.32 Å². The summed E-state index contributed by atoms with van der Waals surface area (Å²) in [5.74, 6) is 0. The second-order valence-corrected chi connectivity index (χ2v) is 5.54. The number of nitro groups is 1. The van der Waals surface area contributed by atoms with Crippen molar-refractivity contribution in [1.29, 1.82) is 0 Å². The second-order valence-electron chi connectivity index (χ2n) is 5.13. The van der Waals surface area contributed by atoms with Gasteiger partial charge in [0.25, 0.3) is 5.69 Å². The molecule has 1 aromatic rings. The fraction of sp³-hybridized carbons (Fsp3) is 0.600. The zero-order chi connectivity index (χ0) is 15.1. The molecule has 1 atom stereocenters. The number of halogens is 1. The van der Waals surface area contributed by atoms with Crippen LogP contribution in [0.1, 0.15) is 44.2 Å². The van der Waals surface area contributed by atoms with Crippen LogP contribution in [0.2, 0.25) is 5.02 Å². The Labute approximate surface area is 125 Å². The summed E-state index contributed by atoms with van der Waals surface area (Å²) in [6.07, 6.45) is 4.16. The third-order valence-corrected chi connectivity index (χ3v) is 3.69. The molecule has 0 fully saturated rings. The third-order valence-electron chi connectivity index (χ3n) is 3.39. The van der Waals surface area contributed by atoms with Crippen LogP contribution in [-0.2, 0) is 6.42 Å². The Morgan fingerprint density at radius 3 is 2.60 bits per heavy atom. The minimum atomic E-state index is -0.433. The molecule has 1 N–H and O–H groups in total. The zero-order valence-corrected chi connectivity index (χ0v) is 13.2. The van der Waals surface area contributed by atoms with Crippen molar-refractivity contribution in [3.05, 3.63) is 38.4 Å². The molecule has 0 spiro atoms. The molecule has 0 bridgehead atoms. The van der Waals surface area contributed by atoms with Crippen LogP contribution >= 0.6 is 11.6 Å². The SMILES string of the molecule is CCCNC(CCC)Cc1cc(Cl)c([N+](=O)[O-])cc1C. The Kier molecular flexibility index (Phi) is 6.96. The van der Waals surface area contributed by atoms with E-state index in [0.29, 0.717) is 6.04 Å². The lowest BCUT2D eigenvalue weighted by Gasteiger charge is -2.19. The molecule has 0 heterocycles. The van der Waals surface area contributed by atoms with Crippen LogP contribution in [0, 0.1) is 17.0 Å². The first-order valence-electron chi connectivity index (χ1n) is 7.16. The highest BCUT2D eigenvalue weighted by Gasteiger charge is 2.17. The Balaban J connectivity index is 2.89. The molecule has 0 amide bonds. The quantitative estimate of drug-likeness (QED) is 0.576. The van der Waals surface area contributed by atoms with Gasteiger partial charge in [-0.05, 0) is 49.9 Å². The monoisotopic (exact) mass is 298 g/mol. The first kappa shape index (κ1) is 16.9. The highest BCUT2D eigenvalue weighted by Crippen LogP contribution is 2.28. The molecule has 1 aromatic carbocycles. The first-order valence-corrected chi connectivity index (χ1v) is 7.54. The molecule has 0 radical (unpaired) electrons. The minimum absolute atomic E-state index is 0.0125. The molecule has 0 saturated heterocycles. The molecule has 0 aromatic heterocycles. The fourth-order valence-corrected chi connectivity index (χ4v) is 2.56. The predicted molar refractivity (Wildman–Crippen MR) is 83.5 cm³/mol. The van der Waals surface area contributed by atoms with E-state index in [0.717, 1.165) is 43.4 Å². The average Bonchev–Trinajstić information content (AvgIpc) is 2.39. The third kappa shape index (κ3) is 4.76. The van der Waals surface area contributed by atoms with Gasteiger partial charge < -0.3 is 5.32 Å². The maximum absolute atomic E-state index is 10.9. The van der Waals surface area contributed by atoms with Gasteiger partial charge in [-0.3, -0.25) is 10.1 Å². The maximum Gasteiger partial charge on any atom is 0.288 e. The van der Waals surface area contributed by atoms with Gasteiger partial charge in [-0.15, -0.1) is 0 Å². The summed E-state index contributed by atoms with van der Waals surface area (Å²) in [7, 11) is 0. The van der Waals surface area contributed by atoms with Crippen molar-refractivity contribution in [3.63, 3.8) is 0 Å². The van der Waals surface area contributed by atoms with Crippen LogP contribution in [0.3, 0.4) is 0 Å². The molecule has 112 valence electrons. The van der Waals surface area contributed by atoms with Crippen LogP contribution in [0.4, 0.5) is 5.69 Å². The maximum atomic E-state index is 10.9. The molecule has 20 heavy (non-hydrogen) atoms. The van der Waals surface area contributed by atoms with Crippen molar-refractivity contribution in [2.24, 2.45) is 0 Å². The van der Waals surface area contributed by atoms with Gasteiger partial charge in [0.1, 0.15) is 5.02 Å². The van der Waals surface area contributed by atoms with Crippen LogP contribution in [0.15, 0.2) is 12.1 Å². The molecule has 1 rings (SSSR count). The Morgan fingerprint density at radius 2 is 2.05 bits per heavy atom. The van der Waals surface area contributed by atoms with Crippen molar-refractivity contribution in [2.45, 2.75) is 52.5 Å². The lowest BCUT2D eigenvalue weighted by molar-refractivity contribution is -0.384. The number of aryl methyl sites for hydroxylation is 1. The summed E-state index contributed by atoms with van der Waals surface area (Å²) in [6.45, 7) is 7.20. The summed E-state index contributed by atoms with van der Waals surface area (Å²) in [5, 5.41) is 14.6. The van der Waals surface area contributed by atoms with Crippen molar-refractivity contribution in [2.75, 3.05) is 6.54 Å². The highest BCUT2D eigenvalue weighted by molar-refractivity contribution is 6.32. The predicted octanol–water partition coefficient (Wildman–Crippen LogP) is 4.27. The Hall–Kier alpha value is -1.13. The minimum Gasteiger partial charge on any atom is -0.314 e. The van der Waals surface area contributed by atoms with Crippen molar-refractivity contribution in [3.8, 4) is 0 Å². The van der Waals surface area contributed by atoms with E-state index in [1.807, 2.05) is 6.92 Å². The average molecular weight is 299 g/mol. The van der Waals surface area contributed by atoms with Gasteiger partial charge in [0.2, 0.25) is 0 Å². The van der Waals surface area contributed by atoms with E-state index in [9.17, 15) is 10.1 Å². The number of nitro benzene ring substituents is 1. The van der Waals surface area contributed by atoms with Gasteiger partial charge in [0.05, 0.1) is 4.92 Å². The molecule has 0 aliphatic heterocycles. The van der Waals surface area contributed by atoms with E-state index in [4.69, 9.17) is 11.6 Å². The largest absolute Gasteiger partial charge is 0.314 e. The van der Waals surface area contributed by atoms with Crippen molar-refractivity contribution in [1.82, 2.24) is 5.32 Å². The van der Waals surface area contributed by atoms with Gasteiger partial charge >= 0.3 is 0 Å². The normalized spacial score (nSPS) is 12.4. The first-order chi connectivity index (χ1) is 9.49. The van der Waals surface area contributed by atoms with E-state index in [1.54, 1.807) is 12.1 Å². The summed E-state index contributed by atoms with van der Waals surface area (Å²) >= 11 is 6.00. The fourth-order valence-electron chi connectivity index (χ4n) is 2.31. The molecule has 1 unspecified atom stereocenters. The van der Waals surface area contributed by atoms with E-state index in [2.05, 4.69) is 19.2 Å². The van der Waals surface area contributed by atoms with Crippen LogP contribution in [-0.4, -0.2) is 17.5 Å². The standard InChI is InChI=1S/C15H23ClN2O2/c1-4-6-13(17-7-5-2)9-12-10-14(16)15(18(19)20)8-11(12)3/h8,10,13,17H,4-7,9H2,1-3H3. The van der Waals surface area contributed by atoms with Gasteiger partial charge in [0.15, 0.2) is 0 Å². The van der Waals surface area contributed by atoms with E-state index < -0.39 is 4.92 Å². The number of nitrogens with one attached hydrogen (secondary N) is 1. The van der Waals surface area contributed by atoms with E-state index in [-0.39, 0.29) is 10.7 Å². The summed E-state index contributed by atoms with van der Waals surface area (Å²) in [5.41, 5.74) is 2.00. The summed E-state index contributed by atoms with van der Waals surface area (Å²) in [4.78, 5) is 10.4. The van der Waals surface area contributed by atoms with Gasteiger partial charge in [-0.2, -0.15) is 0 Å². The molecular formula is C15H23ClN2O2. The van der Waals surface area contributed by atoms with E-state index >= 15 is 0 Å². The molecule has 0 saturated carbocycles. The topological polar surface area (TPSA) is 55.2 Å². The number of nitrogens with zero attached hydrogens (tertiary/aromatic N) is 1. The number of benzene rings is 1. The van der Waals surface area contributed by atoms with Crippen molar-refractivity contribution < 1.29 is 4.92 Å². The number of hydrogen-bond acceptors (Lipinski definition) is 3. The highest BCUT2D eigenvalue weighted by atomic mass is 35.5. The van der Waals surface area contributed by atoms with Gasteiger partial charge in [0, 0.05) is 12.1 Å². The van der Waals surface area contributed by atoms with Gasteiger partial charge in [-0.1, -0.05) is 31.9 Å². The summed E-state index contributed by atoms with van der Waals surface area (Å²) < 4.78 is 0. The molecule has 4 nitrogen and oxygen atoms in total. The lowest BCUT2D eigenvalue weighted by Crippen LogP contribution is -2.31. The smallest absolute Gasteiger partial charge is 0.288 e. The second kappa shape index (κ2) is 8.22. The number of rotatable bonds is 8. The molecule has 5 heteroatoms. The van der Waals surface area contributed by atoms with Crippen LogP contribution in [0.5, 0.6) is 0 Å². The van der Waals surface area contributed by atoms with E-state index in [1.165, 1.54) is 0 Å². The van der Waals surface area contributed by atoms with Crippen LogP contribution in [0.25, 0.3) is 0 Å². The number of hydrogen-bond donors (Lipinski definition) is 1. The zero-order valence-electron chi connectivity index (χ0n) is 12.4. The Morgan fingerprint density at radius 1 is 1.35 bits per heavy atom. The Bertz CT molecular complexity index is 463. The van der Waals surface area contributed by atoms with Crippen molar-refractivity contribution >= 4 is 17.3 Å².